The van der Waals surface area contributed by atoms with Crippen LogP contribution in [0.1, 0.15) is 36.6 Å². The van der Waals surface area contributed by atoms with E-state index in [1.165, 1.54) is 0 Å². The van der Waals surface area contributed by atoms with Gasteiger partial charge >= 0.3 is 0 Å². The highest BCUT2D eigenvalue weighted by molar-refractivity contribution is 9.10. The Morgan fingerprint density at radius 1 is 0.724 bits per heavy atom. The Labute approximate surface area is 176 Å². The zero-order valence-electron chi connectivity index (χ0n) is 15.5. The highest BCUT2D eigenvalue weighted by Gasteiger charge is 2.12. The maximum atomic E-state index is 12.3. The van der Waals surface area contributed by atoms with Crippen LogP contribution in [0.25, 0.3) is 0 Å². The lowest BCUT2D eigenvalue weighted by Crippen LogP contribution is -2.41. The third-order valence-corrected chi connectivity index (χ3v) is 4.78. The van der Waals surface area contributed by atoms with E-state index in [-0.39, 0.29) is 5.91 Å². The minimum Gasteiger partial charge on any atom is -0.322 e. The quantitative estimate of drug-likeness (QED) is 0.522. The fourth-order valence-electron chi connectivity index (χ4n) is 2.59. The van der Waals surface area contributed by atoms with Gasteiger partial charge in [0.15, 0.2) is 0 Å². The van der Waals surface area contributed by atoms with Crippen molar-refractivity contribution in [3.05, 3.63) is 99.5 Å². The van der Waals surface area contributed by atoms with Crippen LogP contribution in [-0.2, 0) is 0 Å². The van der Waals surface area contributed by atoms with Gasteiger partial charge in [-0.1, -0.05) is 29.8 Å². The monoisotopic (exact) mass is 451 g/mol. The Balaban J connectivity index is 1.58. The molecule has 0 fully saturated rings. The molecule has 0 radical (unpaired) electrons. The number of rotatable bonds is 4. The average Bonchev–Trinajstić information content (AvgIpc) is 2.72. The number of hydrogen-bond acceptors (Lipinski definition) is 3. The van der Waals surface area contributed by atoms with Crippen LogP contribution in [-0.4, -0.2) is 17.7 Å². The van der Waals surface area contributed by atoms with Crippen LogP contribution in [0.2, 0.25) is 0 Å². The van der Waals surface area contributed by atoms with Gasteiger partial charge in [0, 0.05) is 21.3 Å². The molecule has 3 amide bonds. The van der Waals surface area contributed by atoms with Gasteiger partial charge in [0.05, 0.1) is 5.56 Å². The van der Waals surface area contributed by atoms with E-state index in [2.05, 4.69) is 32.1 Å². The fourth-order valence-corrected chi connectivity index (χ4v) is 3.06. The molecule has 0 atom stereocenters. The van der Waals surface area contributed by atoms with Crippen molar-refractivity contribution in [1.29, 1.82) is 0 Å². The minimum absolute atomic E-state index is 0.230. The Morgan fingerprint density at radius 2 is 1.41 bits per heavy atom. The summed E-state index contributed by atoms with van der Waals surface area (Å²) < 4.78 is 0.625. The van der Waals surface area contributed by atoms with Gasteiger partial charge in [0.2, 0.25) is 0 Å². The summed E-state index contributed by atoms with van der Waals surface area (Å²) in [5.41, 5.74) is 7.60. The summed E-state index contributed by atoms with van der Waals surface area (Å²) in [5.74, 6) is -1.14. The van der Waals surface area contributed by atoms with E-state index in [0.29, 0.717) is 26.9 Å². The second-order valence-corrected chi connectivity index (χ2v) is 7.14. The molecule has 0 aliphatic rings. The molecule has 7 heteroatoms. The second kappa shape index (κ2) is 9.16. The molecule has 3 aromatic rings. The molecule has 0 aliphatic heterocycles. The molecule has 0 heterocycles. The minimum atomic E-state index is -0.470. The standard InChI is InChI=1S/C22H18BrN3O3/c1-14-5-4-6-16(13-14)20(27)24-17-11-9-15(10-12-17)21(28)25-26-22(29)18-7-2-3-8-19(18)23/h2-13H,1H3,(H,24,27)(H,25,28)(H,26,29). The number of nitrogens with one attached hydrogen (secondary N) is 3. The number of aryl methyl sites for hydroxylation is 1. The maximum absolute atomic E-state index is 12.3. The highest BCUT2D eigenvalue weighted by Crippen LogP contribution is 2.15. The van der Waals surface area contributed by atoms with Gasteiger partial charge < -0.3 is 5.32 Å². The molecule has 0 bridgehead atoms. The molecule has 0 aromatic heterocycles. The van der Waals surface area contributed by atoms with Gasteiger partial charge in [-0.05, 0) is 71.4 Å². The normalized spacial score (nSPS) is 10.1. The number of carbonyl (C=O) groups is 3. The van der Waals surface area contributed by atoms with Crippen molar-refractivity contribution in [3.63, 3.8) is 0 Å². The summed E-state index contributed by atoms with van der Waals surface area (Å²) >= 11 is 3.29. The van der Waals surface area contributed by atoms with Gasteiger partial charge in [-0.3, -0.25) is 25.2 Å². The molecule has 0 saturated heterocycles. The maximum Gasteiger partial charge on any atom is 0.270 e. The van der Waals surface area contributed by atoms with Crippen molar-refractivity contribution in [2.75, 3.05) is 5.32 Å². The van der Waals surface area contributed by atoms with Crippen molar-refractivity contribution >= 4 is 39.3 Å². The summed E-state index contributed by atoms with van der Waals surface area (Å²) in [7, 11) is 0. The topological polar surface area (TPSA) is 87.3 Å². The molecule has 29 heavy (non-hydrogen) atoms. The lowest BCUT2D eigenvalue weighted by molar-refractivity contribution is 0.0846. The molecular weight excluding hydrogens is 434 g/mol. The van der Waals surface area contributed by atoms with Gasteiger partial charge in [0.1, 0.15) is 0 Å². The lowest BCUT2D eigenvalue weighted by Gasteiger charge is -2.10. The third-order valence-electron chi connectivity index (χ3n) is 4.09. The predicted octanol–water partition coefficient (Wildman–Crippen LogP) is 4.08. The number of halogens is 1. The van der Waals surface area contributed by atoms with Gasteiger partial charge in [0.25, 0.3) is 17.7 Å². The summed E-state index contributed by atoms with van der Waals surface area (Å²) in [4.78, 5) is 36.6. The molecule has 3 rings (SSSR count). The molecule has 3 N–H and O–H groups in total. The second-order valence-electron chi connectivity index (χ2n) is 6.29. The number of hydrogen-bond donors (Lipinski definition) is 3. The van der Waals surface area contributed by atoms with Gasteiger partial charge in [-0.2, -0.15) is 0 Å². The van der Waals surface area contributed by atoms with Crippen molar-refractivity contribution in [1.82, 2.24) is 10.9 Å². The van der Waals surface area contributed by atoms with Crippen molar-refractivity contribution in [2.45, 2.75) is 6.92 Å². The molecule has 0 unspecified atom stereocenters. The molecular formula is C22H18BrN3O3. The molecule has 0 aliphatic carbocycles. The Bertz CT molecular complexity index is 1060. The Morgan fingerprint density at radius 3 is 2.10 bits per heavy atom. The molecule has 6 nitrogen and oxygen atoms in total. The first-order chi connectivity index (χ1) is 13.9. The Kier molecular flexibility index (Phi) is 6.41. The van der Waals surface area contributed by atoms with Crippen LogP contribution in [0.4, 0.5) is 5.69 Å². The van der Waals surface area contributed by atoms with Crippen molar-refractivity contribution in [3.8, 4) is 0 Å². The van der Waals surface area contributed by atoms with E-state index in [1.807, 2.05) is 19.1 Å². The summed E-state index contributed by atoms with van der Waals surface area (Å²) in [6, 6.07) is 20.5. The molecule has 146 valence electrons. The number of hydrazine groups is 1. The molecule has 3 aromatic carbocycles. The van der Waals surface area contributed by atoms with E-state index in [0.717, 1.165) is 5.56 Å². The largest absolute Gasteiger partial charge is 0.322 e. The van der Waals surface area contributed by atoms with Crippen LogP contribution < -0.4 is 16.2 Å². The number of carbonyl (C=O) groups excluding carboxylic acids is 3. The van der Waals surface area contributed by atoms with Crippen LogP contribution in [0.3, 0.4) is 0 Å². The number of amides is 3. The number of anilines is 1. The van der Waals surface area contributed by atoms with Gasteiger partial charge in [-0.15, -0.1) is 0 Å². The lowest BCUT2D eigenvalue weighted by atomic mass is 10.1. The van der Waals surface area contributed by atoms with E-state index < -0.39 is 11.8 Å². The first kappa shape index (κ1) is 20.3. The van der Waals surface area contributed by atoms with Crippen LogP contribution in [0.15, 0.2) is 77.3 Å². The SMILES string of the molecule is Cc1cccc(C(=O)Nc2ccc(C(=O)NNC(=O)c3ccccc3Br)cc2)c1. The fraction of sp³-hybridized carbons (Fsp3) is 0.0455. The highest BCUT2D eigenvalue weighted by atomic mass is 79.9. The van der Waals surface area contributed by atoms with E-state index >= 15 is 0 Å². The summed E-state index contributed by atoms with van der Waals surface area (Å²) in [5, 5.41) is 2.78. The van der Waals surface area contributed by atoms with Crippen LogP contribution in [0, 0.1) is 6.92 Å². The van der Waals surface area contributed by atoms with E-state index in [9.17, 15) is 14.4 Å². The van der Waals surface area contributed by atoms with Crippen molar-refractivity contribution in [2.24, 2.45) is 0 Å². The average molecular weight is 452 g/mol. The van der Waals surface area contributed by atoms with Gasteiger partial charge in [-0.25, -0.2) is 0 Å². The van der Waals surface area contributed by atoms with Crippen LogP contribution in [0.5, 0.6) is 0 Å². The number of benzene rings is 3. The van der Waals surface area contributed by atoms with E-state index in [4.69, 9.17) is 0 Å². The van der Waals surface area contributed by atoms with Crippen molar-refractivity contribution < 1.29 is 14.4 Å². The zero-order chi connectivity index (χ0) is 20.8. The predicted molar refractivity (Wildman–Crippen MR) is 115 cm³/mol. The molecule has 0 spiro atoms. The zero-order valence-corrected chi connectivity index (χ0v) is 17.1. The first-order valence-corrected chi connectivity index (χ1v) is 9.56. The Hall–Kier alpha value is -3.45. The third kappa shape index (κ3) is 5.30. The summed E-state index contributed by atoms with van der Waals surface area (Å²) in [6.45, 7) is 1.92. The summed E-state index contributed by atoms with van der Waals surface area (Å²) in [6.07, 6.45) is 0. The van der Waals surface area contributed by atoms with Crippen LogP contribution >= 0.6 is 15.9 Å². The first-order valence-electron chi connectivity index (χ1n) is 8.77. The molecule has 0 saturated carbocycles. The van der Waals surface area contributed by atoms with E-state index in [1.54, 1.807) is 60.7 Å². The smallest absolute Gasteiger partial charge is 0.270 e.